The number of aromatic nitrogens is 1. The van der Waals surface area contributed by atoms with Crippen molar-refractivity contribution in [1.82, 2.24) is 4.98 Å². The molecular formula is C22H25F3N2OS. The van der Waals surface area contributed by atoms with Gasteiger partial charge in [-0.2, -0.15) is 13.2 Å². The molecule has 1 amide bonds. The highest BCUT2D eigenvalue weighted by Gasteiger charge is 2.45. The Kier molecular flexibility index (Phi) is 6.17. The van der Waals surface area contributed by atoms with Gasteiger partial charge in [0, 0.05) is 16.5 Å². The molecule has 3 unspecified atom stereocenters. The first kappa shape index (κ1) is 21.6. The van der Waals surface area contributed by atoms with Gasteiger partial charge in [-0.15, -0.1) is 11.3 Å². The van der Waals surface area contributed by atoms with E-state index in [-0.39, 0.29) is 30.1 Å². The van der Waals surface area contributed by atoms with Crippen molar-refractivity contribution in [2.45, 2.75) is 39.8 Å². The Morgan fingerprint density at radius 2 is 1.93 bits per heavy atom. The van der Waals surface area contributed by atoms with Gasteiger partial charge >= 0.3 is 6.18 Å². The molecule has 1 aromatic rings. The molecule has 1 heterocycles. The molecule has 2 aliphatic rings. The first-order valence-electron chi connectivity index (χ1n) is 9.62. The van der Waals surface area contributed by atoms with Crippen LogP contribution in [0.25, 0.3) is 0 Å². The van der Waals surface area contributed by atoms with Crippen LogP contribution in [0, 0.1) is 30.1 Å². The molecule has 0 bridgehead atoms. The van der Waals surface area contributed by atoms with Crippen LogP contribution in [0.15, 0.2) is 54.3 Å². The third kappa shape index (κ3) is 4.89. The second kappa shape index (κ2) is 8.30. The summed E-state index contributed by atoms with van der Waals surface area (Å²) in [6.07, 6.45) is 10.4. The second-order valence-corrected chi connectivity index (χ2v) is 9.34. The Hall–Kier alpha value is -2.15. The van der Waals surface area contributed by atoms with E-state index in [0.29, 0.717) is 5.13 Å². The van der Waals surface area contributed by atoms with E-state index in [1.807, 2.05) is 39.0 Å². The quantitative estimate of drug-likeness (QED) is 0.611. The molecule has 0 aromatic carbocycles. The number of hydrogen-bond acceptors (Lipinski definition) is 3. The van der Waals surface area contributed by atoms with E-state index < -0.39 is 17.2 Å². The topological polar surface area (TPSA) is 42.0 Å². The van der Waals surface area contributed by atoms with E-state index in [0.717, 1.165) is 17.4 Å². The zero-order chi connectivity index (χ0) is 21.2. The fourth-order valence-corrected chi connectivity index (χ4v) is 4.85. The van der Waals surface area contributed by atoms with Gasteiger partial charge < -0.3 is 5.32 Å². The number of nitrogens with zero attached hydrogens (tertiary/aromatic N) is 1. The predicted octanol–water partition coefficient (Wildman–Crippen LogP) is 6.23. The number of hydrogen-bond donors (Lipinski definition) is 1. The lowest BCUT2D eigenvalue weighted by atomic mass is 9.62. The highest BCUT2D eigenvalue weighted by Crippen LogP contribution is 2.46. The molecule has 0 saturated carbocycles. The van der Waals surface area contributed by atoms with Crippen molar-refractivity contribution >= 4 is 22.4 Å². The third-order valence-electron chi connectivity index (χ3n) is 5.66. The molecule has 3 rings (SSSR count). The zero-order valence-corrected chi connectivity index (χ0v) is 17.5. The van der Waals surface area contributed by atoms with Crippen LogP contribution in [0.2, 0.25) is 0 Å². The summed E-state index contributed by atoms with van der Waals surface area (Å²) in [7, 11) is 0. The van der Waals surface area contributed by atoms with E-state index in [9.17, 15) is 18.0 Å². The molecule has 2 aliphatic carbocycles. The lowest BCUT2D eigenvalue weighted by Crippen LogP contribution is -2.44. The SMILES string of the molecule is Cc1cnc(NC(=O)C(C)(C)C(C2C=CC=CC2)C2C=CC(C(F)(F)F)=CC2)s1. The van der Waals surface area contributed by atoms with Gasteiger partial charge in [0.15, 0.2) is 5.13 Å². The lowest BCUT2D eigenvalue weighted by molar-refractivity contribution is -0.128. The van der Waals surface area contributed by atoms with Crippen molar-refractivity contribution in [3.05, 3.63) is 59.2 Å². The van der Waals surface area contributed by atoms with Gasteiger partial charge in [0.1, 0.15) is 0 Å². The first-order chi connectivity index (χ1) is 13.6. The number of thiazole rings is 1. The molecule has 3 nitrogen and oxygen atoms in total. The van der Waals surface area contributed by atoms with E-state index in [1.54, 1.807) is 12.3 Å². The van der Waals surface area contributed by atoms with Gasteiger partial charge in [0.05, 0.1) is 5.57 Å². The number of allylic oxidation sites excluding steroid dienone is 8. The summed E-state index contributed by atoms with van der Waals surface area (Å²) in [5, 5.41) is 3.44. The second-order valence-electron chi connectivity index (χ2n) is 8.11. The predicted molar refractivity (Wildman–Crippen MR) is 111 cm³/mol. The molecule has 7 heteroatoms. The van der Waals surface area contributed by atoms with E-state index in [1.165, 1.54) is 17.4 Å². The Morgan fingerprint density at radius 1 is 1.21 bits per heavy atom. The monoisotopic (exact) mass is 422 g/mol. The van der Waals surface area contributed by atoms with Crippen LogP contribution in [0.3, 0.4) is 0 Å². The summed E-state index contributed by atoms with van der Waals surface area (Å²) in [5.74, 6) is -0.429. The minimum Gasteiger partial charge on any atom is -0.301 e. The molecule has 0 spiro atoms. The summed E-state index contributed by atoms with van der Waals surface area (Å²) < 4.78 is 39.1. The smallest absolute Gasteiger partial charge is 0.301 e. The molecule has 1 aromatic heterocycles. The number of halogens is 3. The third-order valence-corrected chi connectivity index (χ3v) is 6.49. The normalized spacial score (nSPS) is 23.0. The number of carbonyl (C=O) groups is 1. The van der Waals surface area contributed by atoms with Crippen molar-refractivity contribution in [3.63, 3.8) is 0 Å². The molecule has 0 saturated heterocycles. The number of nitrogens with one attached hydrogen (secondary N) is 1. The van der Waals surface area contributed by atoms with Gasteiger partial charge in [-0.1, -0.05) is 56.4 Å². The fraction of sp³-hybridized carbons (Fsp3) is 0.455. The number of carbonyl (C=O) groups excluding carboxylic acids is 1. The minimum atomic E-state index is -4.35. The maximum absolute atomic E-state index is 13.2. The van der Waals surface area contributed by atoms with Crippen molar-refractivity contribution in [3.8, 4) is 0 Å². The Bertz CT molecular complexity index is 877. The largest absolute Gasteiger partial charge is 0.416 e. The summed E-state index contributed by atoms with van der Waals surface area (Å²) in [5.41, 5.74) is -1.43. The van der Waals surface area contributed by atoms with E-state index in [2.05, 4.69) is 16.4 Å². The van der Waals surface area contributed by atoms with Gasteiger partial charge in [0.25, 0.3) is 0 Å². The average Bonchev–Trinajstić information content (AvgIpc) is 3.07. The minimum absolute atomic E-state index is 0.0641. The fourth-order valence-electron chi connectivity index (χ4n) is 4.19. The van der Waals surface area contributed by atoms with Gasteiger partial charge in [0.2, 0.25) is 5.91 Å². The van der Waals surface area contributed by atoms with Crippen molar-refractivity contribution in [1.29, 1.82) is 0 Å². The Morgan fingerprint density at radius 3 is 2.45 bits per heavy atom. The van der Waals surface area contributed by atoms with Crippen LogP contribution in [0.1, 0.15) is 31.6 Å². The van der Waals surface area contributed by atoms with Crippen molar-refractivity contribution in [2.24, 2.45) is 23.2 Å². The molecule has 0 aliphatic heterocycles. The van der Waals surface area contributed by atoms with Crippen LogP contribution in [-0.2, 0) is 4.79 Å². The molecule has 0 fully saturated rings. The maximum Gasteiger partial charge on any atom is 0.416 e. The summed E-state index contributed by atoms with van der Waals surface area (Å²) in [4.78, 5) is 18.4. The van der Waals surface area contributed by atoms with Crippen LogP contribution >= 0.6 is 11.3 Å². The molecule has 29 heavy (non-hydrogen) atoms. The number of aryl methyl sites for hydroxylation is 1. The molecular weight excluding hydrogens is 397 g/mol. The number of amides is 1. The number of alkyl halides is 3. The van der Waals surface area contributed by atoms with Gasteiger partial charge in [-0.25, -0.2) is 4.98 Å². The molecule has 156 valence electrons. The summed E-state index contributed by atoms with van der Waals surface area (Å²) in [6, 6.07) is 0. The average molecular weight is 423 g/mol. The van der Waals surface area contributed by atoms with Gasteiger partial charge in [-0.3, -0.25) is 4.79 Å². The lowest BCUT2D eigenvalue weighted by Gasteiger charge is -2.42. The molecule has 0 radical (unpaired) electrons. The van der Waals surface area contributed by atoms with Gasteiger partial charge in [-0.05, 0) is 37.5 Å². The standard InChI is InChI=1S/C22H25F3N2OS/c1-14-13-26-20(29-14)27-19(28)21(2,3)18(15-7-5-4-6-8-15)16-9-11-17(12-10-16)22(23,24)25/h4-7,9,11-13,15-16,18H,8,10H2,1-3H3,(H,26,27,28). The van der Waals surface area contributed by atoms with Crippen molar-refractivity contribution < 1.29 is 18.0 Å². The molecule has 3 atom stereocenters. The Labute approximate surface area is 173 Å². The van der Waals surface area contributed by atoms with Crippen LogP contribution < -0.4 is 5.32 Å². The zero-order valence-electron chi connectivity index (χ0n) is 16.7. The number of rotatable bonds is 5. The van der Waals surface area contributed by atoms with E-state index in [4.69, 9.17) is 0 Å². The van der Waals surface area contributed by atoms with Crippen molar-refractivity contribution in [2.75, 3.05) is 5.32 Å². The van der Waals surface area contributed by atoms with E-state index >= 15 is 0 Å². The first-order valence-corrected chi connectivity index (χ1v) is 10.4. The summed E-state index contributed by atoms with van der Waals surface area (Å²) in [6.45, 7) is 5.66. The number of anilines is 1. The molecule has 1 N–H and O–H groups in total. The summed E-state index contributed by atoms with van der Waals surface area (Å²) >= 11 is 1.40. The maximum atomic E-state index is 13.2. The highest BCUT2D eigenvalue weighted by atomic mass is 32.1. The van der Waals surface area contributed by atoms with Crippen LogP contribution in [-0.4, -0.2) is 17.1 Å². The highest BCUT2D eigenvalue weighted by molar-refractivity contribution is 7.15. The van der Waals surface area contributed by atoms with Crippen LogP contribution in [0.5, 0.6) is 0 Å². The Balaban J connectivity index is 1.86. The van der Waals surface area contributed by atoms with Crippen LogP contribution in [0.4, 0.5) is 18.3 Å².